The maximum atomic E-state index is 13.2. The molecule has 142 valence electrons. The van der Waals surface area contributed by atoms with E-state index in [1.165, 1.54) is 24.3 Å². The van der Waals surface area contributed by atoms with E-state index in [2.05, 4.69) is 10.6 Å². The summed E-state index contributed by atoms with van der Waals surface area (Å²) in [5.74, 6) is -0.860. The van der Waals surface area contributed by atoms with Gasteiger partial charge in [-0.3, -0.25) is 9.69 Å². The summed E-state index contributed by atoms with van der Waals surface area (Å²) in [5.41, 5.74) is 1.18. The molecule has 1 fully saturated rings. The predicted octanol–water partition coefficient (Wildman–Crippen LogP) is 2.92. The number of hydrogen-bond acceptors (Lipinski definition) is 3. The Labute approximate surface area is 162 Å². The van der Waals surface area contributed by atoms with Gasteiger partial charge in [-0.15, -0.1) is 0 Å². The van der Waals surface area contributed by atoms with Crippen molar-refractivity contribution in [2.75, 3.05) is 43.4 Å². The number of thiocarbonyl (C=S) groups is 1. The van der Waals surface area contributed by atoms with Gasteiger partial charge in [0.05, 0.1) is 6.54 Å². The predicted molar refractivity (Wildman–Crippen MR) is 106 cm³/mol. The molecule has 0 radical (unpaired) electrons. The molecule has 0 spiro atoms. The van der Waals surface area contributed by atoms with E-state index < -0.39 is 0 Å². The molecule has 0 bridgehead atoms. The lowest BCUT2D eigenvalue weighted by atomic mass is 10.3. The van der Waals surface area contributed by atoms with Crippen molar-refractivity contribution < 1.29 is 13.6 Å². The summed E-state index contributed by atoms with van der Waals surface area (Å²) in [7, 11) is 0. The van der Waals surface area contributed by atoms with E-state index in [9.17, 15) is 13.6 Å². The van der Waals surface area contributed by atoms with Gasteiger partial charge in [0.1, 0.15) is 11.6 Å². The van der Waals surface area contributed by atoms with E-state index in [1.54, 1.807) is 24.3 Å². The maximum Gasteiger partial charge on any atom is 0.238 e. The normalized spacial score (nSPS) is 14.7. The average Bonchev–Trinajstić information content (AvgIpc) is 2.64. The lowest BCUT2D eigenvalue weighted by Crippen LogP contribution is -2.51. The summed E-state index contributed by atoms with van der Waals surface area (Å²) < 4.78 is 26.1. The maximum absolute atomic E-state index is 13.2. The highest BCUT2D eigenvalue weighted by Crippen LogP contribution is 2.12. The number of carbonyl (C=O) groups excluding carboxylic acids is 1. The first kappa shape index (κ1) is 19.2. The lowest BCUT2D eigenvalue weighted by Gasteiger charge is -2.35. The number of halogens is 2. The van der Waals surface area contributed by atoms with E-state index >= 15 is 0 Å². The molecule has 1 aliphatic rings. The SMILES string of the molecule is O=C(CN1CCN(C(=S)Nc2ccc(F)cc2)CC1)Nc1cccc(F)c1. The van der Waals surface area contributed by atoms with Crippen LogP contribution in [0.25, 0.3) is 0 Å². The van der Waals surface area contributed by atoms with Crippen molar-refractivity contribution in [3.8, 4) is 0 Å². The summed E-state index contributed by atoms with van der Waals surface area (Å²) in [6.45, 7) is 2.96. The van der Waals surface area contributed by atoms with Crippen LogP contribution in [0.5, 0.6) is 0 Å². The van der Waals surface area contributed by atoms with Crippen LogP contribution in [0.4, 0.5) is 20.2 Å². The molecule has 1 saturated heterocycles. The molecule has 0 saturated carbocycles. The summed E-state index contributed by atoms with van der Waals surface area (Å²) in [6, 6.07) is 11.8. The standard InChI is InChI=1S/C19H20F2N4OS/c20-14-4-6-16(7-5-14)23-19(27)25-10-8-24(9-11-25)13-18(26)22-17-3-1-2-15(21)12-17/h1-7,12H,8-11,13H2,(H,22,26)(H,23,27). The quantitative estimate of drug-likeness (QED) is 0.787. The zero-order chi connectivity index (χ0) is 19.2. The smallest absolute Gasteiger partial charge is 0.238 e. The number of amides is 1. The van der Waals surface area contributed by atoms with Gasteiger partial charge in [-0.05, 0) is 54.7 Å². The highest BCUT2D eigenvalue weighted by Gasteiger charge is 2.20. The monoisotopic (exact) mass is 390 g/mol. The minimum atomic E-state index is -0.386. The van der Waals surface area contributed by atoms with Crippen LogP contribution in [-0.2, 0) is 4.79 Å². The molecule has 27 heavy (non-hydrogen) atoms. The molecule has 0 aliphatic carbocycles. The molecular weight excluding hydrogens is 370 g/mol. The van der Waals surface area contributed by atoms with Gasteiger partial charge < -0.3 is 15.5 Å². The molecule has 5 nitrogen and oxygen atoms in total. The summed E-state index contributed by atoms with van der Waals surface area (Å²) in [6.07, 6.45) is 0. The molecule has 1 amide bonds. The van der Waals surface area contributed by atoms with Gasteiger partial charge in [-0.25, -0.2) is 8.78 Å². The summed E-state index contributed by atoms with van der Waals surface area (Å²) in [5, 5.41) is 6.36. The Balaban J connectivity index is 1.43. The van der Waals surface area contributed by atoms with Crippen molar-refractivity contribution in [1.82, 2.24) is 9.80 Å². The van der Waals surface area contributed by atoms with Crippen molar-refractivity contribution in [2.24, 2.45) is 0 Å². The third kappa shape index (κ3) is 5.70. The Kier molecular flexibility index (Phi) is 6.31. The van der Waals surface area contributed by atoms with E-state index in [1.807, 2.05) is 9.80 Å². The van der Waals surface area contributed by atoms with Gasteiger partial charge in [-0.2, -0.15) is 0 Å². The van der Waals surface area contributed by atoms with E-state index in [4.69, 9.17) is 12.2 Å². The first-order valence-electron chi connectivity index (χ1n) is 8.59. The van der Waals surface area contributed by atoms with Gasteiger partial charge in [0.25, 0.3) is 0 Å². The highest BCUT2D eigenvalue weighted by molar-refractivity contribution is 7.80. The number of piperazine rings is 1. The van der Waals surface area contributed by atoms with Gasteiger partial charge in [0.2, 0.25) is 5.91 Å². The Hall–Kier alpha value is -2.58. The van der Waals surface area contributed by atoms with Crippen LogP contribution in [0.1, 0.15) is 0 Å². The number of nitrogens with zero attached hydrogens (tertiary/aromatic N) is 2. The summed E-state index contributed by atoms with van der Waals surface area (Å²) >= 11 is 5.40. The zero-order valence-electron chi connectivity index (χ0n) is 14.6. The van der Waals surface area contributed by atoms with Crippen LogP contribution in [0, 0.1) is 11.6 Å². The number of hydrogen-bond donors (Lipinski definition) is 2. The van der Waals surface area contributed by atoms with E-state index in [0.717, 1.165) is 5.69 Å². The minimum Gasteiger partial charge on any atom is -0.346 e. The fourth-order valence-corrected chi connectivity index (χ4v) is 3.12. The number of anilines is 2. The Morgan fingerprint density at radius 3 is 2.30 bits per heavy atom. The molecular formula is C19H20F2N4OS. The van der Waals surface area contributed by atoms with E-state index in [-0.39, 0.29) is 24.1 Å². The Morgan fingerprint density at radius 2 is 1.63 bits per heavy atom. The van der Waals surface area contributed by atoms with Crippen molar-refractivity contribution in [2.45, 2.75) is 0 Å². The fourth-order valence-electron chi connectivity index (χ4n) is 2.81. The largest absolute Gasteiger partial charge is 0.346 e. The Morgan fingerprint density at radius 1 is 0.926 bits per heavy atom. The van der Waals surface area contributed by atoms with Crippen molar-refractivity contribution >= 4 is 34.6 Å². The molecule has 0 unspecified atom stereocenters. The third-order valence-electron chi connectivity index (χ3n) is 4.23. The average molecular weight is 390 g/mol. The van der Waals surface area contributed by atoms with Crippen LogP contribution in [-0.4, -0.2) is 53.5 Å². The molecule has 1 heterocycles. The first-order chi connectivity index (χ1) is 13.0. The second kappa shape index (κ2) is 8.88. The van der Waals surface area contributed by atoms with Crippen molar-refractivity contribution in [3.63, 3.8) is 0 Å². The van der Waals surface area contributed by atoms with Crippen LogP contribution in [0.2, 0.25) is 0 Å². The van der Waals surface area contributed by atoms with Crippen LogP contribution >= 0.6 is 12.2 Å². The number of carbonyl (C=O) groups is 1. The van der Waals surface area contributed by atoms with Gasteiger partial charge in [-0.1, -0.05) is 6.07 Å². The van der Waals surface area contributed by atoms with Crippen molar-refractivity contribution in [1.29, 1.82) is 0 Å². The molecule has 8 heteroatoms. The fraction of sp³-hybridized carbons (Fsp3) is 0.263. The minimum absolute atomic E-state index is 0.180. The van der Waals surface area contributed by atoms with Gasteiger partial charge in [0.15, 0.2) is 5.11 Å². The second-order valence-corrected chi connectivity index (χ2v) is 6.65. The number of nitrogens with one attached hydrogen (secondary N) is 2. The highest BCUT2D eigenvalue weighted by atomic mass is 32.1. The molecule has 3 rings (SSSR count). The van der Waals surface area contributed by atoms with Crippen LogP contribution < -0.4 is 10.6 Å². The van der Waals surface area contributed by atoms with Gasteiger partial charge in [0, 0.05) is 37.6 Å². The zero-order valence-corrected chi connectivity index (χ0v) is 15.4. The van der Waals surface area contributed by atoms with Gasteiger partial charge >= 0.3 is 0 Å². The molecule has 2 N–H and O–H groups in total. The Bertz CT molecular complexity index is 808. The lowest BCUT2D eigenvalue weighted by molar-refractivity contribution is -0.117. The van der Waals surface area contributed by atoms with Crippen molar-refractivity contribution in [3.05, 3.63) is 60.2 Å². The number of benzene rings is 2. The van der Waals surface area contributed by atoms with E-state index in [0.29, 0.717) is 37.0 Å². The number of rotatable bonds is 4. The summed E-state index contributed by atoms with van der Waals surface area (Å²) in [4.78, 5) is 16.2. The molecule has 1 aliphatic heterocycles. The first-order valence-corrected chi connectivity index (χ1v) is 9.00. The van der Waals surface area contributed by atoms with Crippen LogP contribution in [0.15, 0.2) is 48.5 Å². The molecule has 0 aromatic heterocycles. The molecule has 0 atom stereocenters. The second-order valence-electron chi connectivity index (χ2n) is 6.26. The topological polar surface area (TPSA) is 47.6 Å². The van der Waals surface area contributed by atoms with Crippen LogP contribution in [0.3, 0.4) is 0 Å². The third-order valence-corrected chi connectivity index (χ3v) is 4.59. The molecule has 2 aromatic rings. The molecule has 2 aromatic carbocycles.